The predicted molar refractivity (Wildman–Crippen MR) is 69.1 cm³/mol. The lowest BCUT2D eigenvalue weighted by molar-refractivity contribution is -0.138. The van der Waals surface area contributed by atoms with Crippen LogP contribution in [0.1, 0.15) is 19.3 Å². The van der Waals surface area contributed by atoms with E-state index in [2.05, 4.69) is 20.9 Å². The van der Waals surface area contributed by atoms with Crippen molar-refractivity contribution in [1.29, 1.82) is 0 Å². The number of amidine groups is 1. The molecule has 17 heavy (non-hydrogen) atoms. The highest BCUT2D eigenvalue weighted by molar-refractivity contribution is 5.89. The Bertz CT molecular complexity index is 244. The van der Waals surface area contributed by atoms with Crippen molar-refractivity contribution in [1.82, 2.24) is 16.0 Å². The second-order valence-corrected chi connectivity index (χ2v) is 3.64. The van der Waals surface area contributed by atoms with E-state index in [1.165, 1.54) is 0 Å². The number of hydrogen-bond acceptors (Lipinski definition) is 5. The van der Waals surface area contributed by atoms with Crippen molar-refractivity contribution in [3.05, 3.63) is 0 Å². The van der Waals surface area contributed by atoms with Crippen LogP contribution in [0.4, 0.5) is 0 Å². The standard InChI is InChI=1S/C11H24N4O2/c1-12-8-6-5-7-9(13-2)10(16)17-11(14-3)15-4/h9,12-13H,5-8H2,1-4H3,(H,14,15). The molecule has 0 fully saturated rings. The zero-order valence-corrected chi connectivity index (χ0v) is 11.2. The second-order valence-electron chi connectivity index (χ2n) is 3.64. The zero-order chi connectivity index (χ0) is 13.1. The fraction of sp³-hybridized carbons (Fsp3) is 0.818. The molecule has 0 rings (SSSR count). The second kappa shape index (κ2) is 10.0. The molecule has 0 aromatic rings. The maximum atomic E-state index is 11.7. The summed E-state index contributed by atoms with van der Waals surface area (Å²) in [7, 11) is 6.91. The number of ether oxygens (including phenoxy) is 1. The largest absolute Gasteiger partial charge is 0.392 e. The normalized spacial score (nSPS) is 13.3. The van der Waals surface area contributed by atoms with E-state index in [0.717, 1.165) is 25.8 Å². The molecule has 0 spiro atoms. The summed E-state index contributed by atoms with van der Waals surface area (Å²) in [4.78, 5) is 15.5. The van der Waals surface area contributed by atoms with Crippen LogP contribution in [-0.4, -0.2) is 52.8 Å². The molecule has 0 aliphatic rings. The van der Waals surface area contributed by atoms with Crippen molar-refractivity contribution >= 4 is 12.0 Å². The molecule has 0 aliphatic carbocycles. The Morgan fingerprint density at radius 3 is 2.47 bits per heavy atom. The Kier molecular flexibility index (Phi) is 9.37. The zero-order valence-electron chi connectivity index (χ0n) is 11.2. The molecule has 0 heterocycles. The molecule has 0 aromatic carbocycles. The Labute approximate surface area is 103 Å². The van der Waals surface area contributed by atoms with Crippen LogP contribution in [0.5, 0.6) is 0 Å². The number of nitrogens with zero attached hydrogens (tertiary/aromatic N) is 1. The molecular weight excluding hydrogens is 220 g/mol. The maximum absolute atomic E-state index is 11.7. The summed E-state index contributed by atoms with van der Waals surface area (Å²) in [6, 6.07) is -0.0394. The fourth-order valence-corrected chi connectivity index (χ4v) is 1.41. The molecule has 0 radical (unpaired) electrons. The molecule has 6 nitrogen and oxygen atoms in total. The first-order valence-corrected chi connectivity index (χ1v) is 5.87. The first-order valence-electron chi connectivity index (χ1n) is 5.87. The molecule has 3 N–H and O–H groups in total. The molecule has 0 saturated heterocycles. The average molecular weight is 244 g/mol. The van der Waals surface area contributed by atoms with Gasteiger partial charge in [-0.2, -0.15) is 0 Å². The van der Waals surface area contributed by atoms with Crippen LogP contribution in [0.15, 0.2) is 4.99 Å². The highest BCUT2D eigenvalue weighted by atomic mass is 16.6. The minimum atomic E-state index is -0.299. The Morgan fingerprint density at radius 2 is 2.00 bits per heavy atom. The Morgan fingerprint density at radius 1 is 1.29 bits per heavy atom. The summed E-state index contributed by atoms with van der Waals surface area (Å²) < 4.78 is 5.08. The van der Waals surface area contributed by atoms with Crippen molar-refractivity contribution in [2.45, 2.75) is 25.3 Å². The van der Waals surface area contributed by atoms with Gasteiger partial charge >= 0.3 is 5.97 Å². The fourth-order valence-electron chi connectivity index (χ4n) is 1.41. The van der Waals surface area contributed by atoms with E-state index in [1.54, 1.807) is 21.1 Å². The lowest BCUT2D eigenvalue weighted by Crippen LogP contribution is -2.39. The van der Waals surface area contributed by atoms with Crippen LogP contribution in [0.2, 0.25) is 0 Å². The van der Waals surface area contributed by atoms with Crippen LogP contribution < -0.4 is 16.0 Å². The van der Waals surface area contributed by atoms with Crippen LogP contribution in [-0.2, 0) is 9.53 Å². The summed E-state index contributed by atoms with van der Waals surface area (Å²) in [5, 5.41) is 8.74. The maximum Gasteiger partial charge on any atom is 0.330 e. The number of carbonyl (C=O) groups is 1. The predicted octanol–water partition coefficient (Wildman–Crippen LogP) is -0.287. The van der Waals surface area contributed by atoms with E-state index in [0.29, 0.717) is 0 Å². The summed E-state index contributed by atoms with van der Waals surface area (Å²) >= 11 is 0. The van der Waals surface area contributed by atoms with Gasteiger partial charge in [-0.15, -0.1) is 0 Å². The summed E-state index contributed by atoms with van der Waals surface area (Å²) in [6.45, 7) is 0.962. The average Bonchev–Trinajstić information content (AvgIpc) is 2.35. The Balaban J connectivity index is 4.03. The van der Waals surface area contributed by atoms with Gasteiger partial charge in [-0.3, -0.25) is 0 Å². The molecule has 0 amide bonds. The van der Waals surface area contributed by atoms with Gasteiger partial charge in [-0.1, -0.05) is 6.42 Å². The molecule has 0 aromatic heterocycles. The minimum absolute atomic E-state index is 0.241. The third-order valence-electron chi connectivity index (χ3n) is 2.42. The van der Waals surface area contributed by atoms with E-state index >= 15 is 0 Å². The van der Waals surface area contributed by atoms with Gasteiger partial charge in [-0.25, -0.2) is 9.79 Å². The van der Waals surface area contributed by atoms with Gasteiger partial charge in [0, 0.05) is 14.1 Å². The van der Waals surface area contributed by atoms with Crippen LogP contribution in [0.25, 0.3) is 0 Å². The minimum Gasteiger partial charge on any atom is -0.392 e. The topological polar surface area (TPSA) is 74.8 Å². The van der Waals surface area contributed by atoms with E-state index in [-0.39, 0.29) is 18.0 Å². The number of likely N-dealkylation sites (N-methyl/N-ethyl adjacent to an activating group) is 1. The molecule has 1 unspecified atom stereocenters. The SMILES string of the molecule is CN=C(NC)OC(=O)C(CCCCNC)NC. The molecule has 0 aliphatic heterocycles. The van der Waals surface area contributed by atoms with Crippen molar-refractivity contribution in [2.75, 3.05) is 34.7 Å². The first kappa shape index (κ1) is 15.9. The van der Waals surface area contributed by atoms with Crippen molar-refractivity contribution in [3.63, 3.8) is 0 Å². The highest BCUT2D eigenvalue weighted by Gasteiger charge is 2.19. The number of esters is 1. The van der Waals surface area contributed by atoms with Crippen LogP contribution in [0.3, 0.4) is 0 Å². The molecule has 6 heteroatoms. The van der Waals surface area contributed by atoms with Crippen LogP contribution >= 0.6 is 0 Å². The van der Waals surface area contributed by atoms with E-state index < -0.39 is 0 Å². The molecule has 0 bridgehead atoms. The molecule has 0 saturated carbocycles. The number of unbranched alkanes of at least 4 members (excludes halogenated alkanes) is 1. The van der Waals surface area contributed by atoms with Crippen molar-refractivity contribution in [3.8, 4) is 0 Å². The highest BCUT2D eigenvalue weighted by Crippen LogP contribution is 2.02. The van der Waals surface area contributed by atoms with Gasteiger partial charge in [0.15, 0.2) is 0 Å². The number of rotatable bonds is 7. The number of nitrogens with one attached hydrogen (secondary N) is 3. The van der Waals surface area contributed by atoms with Crippen molar-refractivity contribution in [2.24, 2.45) is 4.99 Å². The van der Waals surface area contributed by atoms with Crippen LogP contribution in [0, 0.1) is 0 Å². The van der Waals surface area contributed by atoms with Gasteiger partial charge in [0.05, 0.1) is 0 Å². The Hall–Kier alpha value is -1.14. The van der Waals surface area contributed by atoms with E-state index in [1.807, 2.05) is 7.05 Å². The van der Waals surface area contributed by atoms with Gasteiger partial charge in [0.25, 0.3) is 6.02 Å². The smallest absolute Gasteiger partial charge is 0.330 e. The van der Waals surface area contributed by atoms with E-state index in [4.69, 9.17) is 4.74 Å². The molecule has 100 valence electrons. The summed E-state index contributed by atoms with van der Waals surface area (Å²) in [6.07, 6.45) is 2.78. The number of carbonyl (C=O) groups excluding carboxylic acids is 1. The lowest BCUT2D eigenvalue weighted by Gasteiger charge is -2.15. The quantitative estimate of drug-likeness (QED) is 0.248. The number of hydrogen-bond donors (Lipinski definition) is 3. The third kappa shape index (κ3) is 6.91. The van der Waals surface area contributed by atoms with Gasteiger partial charge in [0.1, 0.15) is 6.04 Å². The van der Waals surface area contributed by atoms with E-state index in [9.17, 15) is 4.79 Å². The monoisotopic (exact) mass is 244 g/mol. The van der Waals surface area contributed by atoms with Gasteiger partial charge in [-0.05, 0) is 33.5 Å². The molecule has 1 atom stereocenters. The van der Waals surface area contributed by atoms with Gasteiger partial charge < -0.3 is 20.7 Å². The van der Waals surface area contributed by atoms with Gasteiger partial charge in [0.2, 0.25) is 0 Å². The first-order chi connectivity index (χ1) is 8.19. The molecular formula is C11H24N4O2. The summed E-state index contributed by atoms with van der Waals surface area (Å²) in [5.41, 5.74) is 0. The number of aliphatic imine (C=N–C) groups is 1. The third-order valence-corrected chi connectivity index (χ3v) is 2.42. The lowest BCUT2D eigenvalue weighted by atomic mass is 10.1. The summed E-state index contributed by atoms with van der Waals surface area (Å²) in [5.74, 6) is -0.299. The van der Waals surface area contributed by atoms with Crippen molar-refractivity contribution < 1.29 is 9.53 Å².